The second kappa shape index (κ2) is 8.88. The van der Waals surface area contributed by atoms with E-state index in [-0.39, 0.29) is 0 Å². The molecular formula is C38H24N4. The molecule has 0 aliphatic carbocycles. The van der Waals surface area contributed by atoms with Gasteiger partial charge in [-0.1, -0.05) is 84.9 Å². The highest BCUT2D eigenvalue weighted by Crippen LogP contribution is 2.43. The summed E-state index contributed by atoms with van der Waals surface area (Å²) in [5, 5.41) is 5.00. The maximum atomic E-state index is 4.70. The number of rotatable bonds is 3. The Bertz CT molecular complexity index is 2450. The Kier molecular flexibility index (Phi) is 4.87. The lowest BCUT2D eigenvalue weighted by Gasteiger charge is -2.15. The monoisotopic (exact) mass is 536 g/mol. The number of aromatic nitrogens is 4. The van der Waals surface area contributed by atoms with Gasteiger partial charge in [-0.3, -0.25) is 9.97 Å². The highest BCUT2D eigenvalue weighted by atomic mass is 15.0. The van der Waals surface area contributed by atoms with Crippen LogP contribution >= 0.6 is 0 Å². The number of hydrogen-bond acceptors (Lipinski definition) is 2. The molecule has 0 bridgehead atoms. The van der Waals surface area contributed by atoms with E-state index in [1.54, 1.807) is 12.4 Å². The Morgan fingerprint density at radius 2 is 0.952 bits per heavy atom. The molecule has 6 aromatic carbocycles. The first-order valence-corrected chi connectivity index (χ1v) is 14.2. The zero-order valence-electron chi connectivity index (χ0n) is 22.6. The molecule has 4 heteroatoms. The van der Waals surface area contributed by atoms with Crippen molar-refractivity contribution >= 4 is 54.6 Å². The molecule has 0 atom stereocenters. The lowest BCUT2D eigenvalue weighted by Crippen LogP contribution is -1.99. The van der Waals surface area contributed by atoms with Crippen molar-refractivity contribution in [3.8, 4) is 22.5 Å². The Morgan fingerprint density at radius 3 is 1.62 bits per heavy atom. The third kappa shape index (κ3) is 3.23. The Labute approximate surface area is 241 Å². The minimum Gasteiger partial charge on any atom is -0.309 e. The molecule has 0 spiro atoms. The molecule has 9 aromatic rings. The molecule has 3 heterocycles. The third-order valence-electron chi connectivity index (χ3n) is 8.40. The van der Waals surface area contributed by atoms with Gasteiger partial charge in [-0.15, -0.1) is 0 Å². The van der Waals surface area contributed by atoms with E-state index >= 15 is 0 Å². The van der Waals surface area contributed by atoms with Gasteiger partial charge < -0.3 is 9.13 Å². The molecule has 42 heavy (non-hydrogen) atoms. The quantitative estimate of drug-likeness (QED) is 0.225. The second-order valence-corrected chi connectivity index (χ2v) is 10.7. The molecule has 0 amide bonds. The number of hydrogen-bond donors (Lipinski definition) is 0. The van der Waals surface area contributed by atoms with Crippen molar-refractivity contribution in [3.63, 3.8) is 0 Å². The Hall–Kier alpha value is -5.74. The minimum absolute atomic E-state index is 0.875. The van der Waals surface area contributed by atoms with Crippen LogP contribution in [0.4, 0.5) is 0 Å². The normalized spacial score (nSPS) is 11.8. The topological polar surface area (TPSA) is 35.6 Å². The van der Waals surface area contributed by atoms with Crippen LogP contribution in [-0.4, -0.2) is 19.1 Å². The molecule has 4 nitrogen and oxygen atoms in total. The van der Waals surface area contributed by atoms with Crippen LogP contribution in [0.1, 0.15) is 0 Å². The molecule has 0 aliphatic heterocycles. The van der Waals surface area contributed by atoms with Gasteiger partial charge >= 0.3 is 0 Å². The number of nitrogens with zero attached hydrogens (tertiary/aromatic N) is 4. The van der Waals surface area contributed by atoms with Crippen LogP contribution < -0.4 is 0 Å². The molecule has 0 fully saturated rings. The SMILES string of the molecule is c1ccc(-c2cc3nccnc3cc2-n2c3ccccc3c3c4c5ccccc5n(-c5ccccc5)c4ccc32)cc1. The lowest BCUT2D eigenvalue weighted by molar-refractivity contribution is 1.17. The fraction of sp³-hybridized carbons (Fsp3) is 0. The van der Waals surface area contributed by atoms with E-state index in [0.29, 0.717) is 0 Å². The smallest absolute Gasteiger partial charge is 0.0908 e. The zero-order valence-corrected chi connectivity index (χ0v) is 22.6. The molecule has 0 saturated carbocycles. The van der Waals surface area contributed by atoms with E-state index in [1.807, 2.05) is 0 Å². The summed E-state index contributed by atoms with van der Waals surface area (Å²) in [5.41, 5.74) is 11.0. The lowest BCUT2D eigenvalue weighted by atomic mass is 10.0. The van der Waals surface area contributed by atoms with Crippen LogP contribution in [0.2, 0.25) is 0 Å². The van der Waals surface area contributed by atoms with Crippen molar-refractivity contribution in [2.75, 3.05) is 0 Å². The van der Waals surface area contributed by atoms with Gasteiger partial charge in [0, 0.05) is 45.2 Å². The van der Waals surface area contributed by atoms with Gasteiger partial charge in [0.15, 0.2) is 0 Å². The van der Waals surface area contributed by atoms with E-state index in [0.717, 1.165) is 39.1 Å². The van der Waals surface area contributed by atoms with Crippen molar-refractivity contribution in [1.82, 2.24) is 19.1 Å². The summed E-state index contributed by atoms with van der Waals surface area (Å²) < 4.78 is 4.80. The van der Waals surface area contributed by atoms with Gasteiger partial charge in [0.05, 0.1) is 38.8 Å². The summed E-state index contributed by atoms with van der Waals surface area (Å²) in [6.45, 7) is 0. The molecule has 0 radical (unpaired) electrons. The van der Waals surface area contributed by atoms with Gasteiger partial charge in [-0.05, 0) is 54.1 Å². The van der Waals surface area contributed by atoms with Crippen LogP contribution in [0, 0.1) is 0 Å². The Balaban J connectivity index is 1.48. The third-order valence-corrected chi connectivity index (χ3v) is 8.40. The molecule has 0 N–H and O–H groups in total. The number of benzene rings is 6. The van der Waals surface area contributed by atoms with Gasteiger partial charge in [-0.25, -0.2) is 0 Å². The first-order valence-electron chi connectivity index (χ1n) is 14.2. The zero-order chi connectivity index (χ0) is 27.6. The van der Waals surface area contributed by atoms with E-state index in [9.17, 15) is 0 Å². The van der Waals surface area contributed by atoms with Gasteiger partial charge in [0.25, 0.3) is 0 Å². The van der Waals surface area contributed by atoms with Gasteiger partial charge in [-0.2, -0.15) is 0 Å². The van der Waals surface area contributed by atoms with Crippen LogP contribution in [0.25, 0.3) is 77.1 Å². The Morgan fingerprint density at radius 1 is 0.429 bits per heavy atom. The maximum absolute atomic E-state index is 4.70. The highest BCUT2D eigenvalue weighted by molar-refractivity contribution is 6.29. The maximum Gasteiger partial charge on any atom is 0.0908 e. The molecular weight excluding hydrogens is 512 g/mol. The standard InChI is InChI=1S/C38H24N4/c1-3-11-25(12-4-1)29-23-30-31(40-22-21-39-30)24-36(29)42-33-18-10-8-16-28(33)38-35(42)20-19-34-37(38)27-15-7-9-17-32(27)41(34)26-13-5-2-6-14-26/h1-24H. The second-order valence-electron chi connectivity index (χ2n) is 10.7. The summed E-state index contributed by atoms with van der Waals surface area (Å²) in [6.07, 6.45) is 3.53. The fourth-order valence-electron chi connectivity index (χ4n) is 6.67. The first kappa shape index (κ1) is 23.0. The number of fused-ring (bicyclic) bond motifs is 8. The highest BCUT2D eigenvalue weighted by Gasteiger charge is 2.22. The molecule has 0 unspecified atom stereocenters. The van der Waals surface area contributed by atoms with Crippen molar-refractivity contribution in [3.05, 3.63) is 146 Å². The van der Waals surface area contributed by atoms with Crippen molar-refractivity contribution < 1.29 is 0 Å². The fourth-order valence-corrected chi connectivity index (χ4v) is 6.67. The van der Waals surface area contributed by atoms with E-state index < -0.39 is 0 Å². The first-order chi connectivity index (χ1) is 20.9. The minimum atomic E-state index is 0.875. The van der Waals surface area contributed by atoms with Crippen LogP contribution in [0.5, 0.6) is 0 Å². The average molecular weight is 537 g/mol. The average Bonchev–Trinajstić information content (AvgIpc) is 3.58. The number of para-hydroxylation sites is 3. The summed E-state index contributed by atoms with van der Waals surface area (Å²) in [6, 6.07) is 47.7. The van der Waals surface area contributed by atoms with Crippen molar-refractivity contribution in [2.24, 2.45) is 0 Å². The predicted molar refractivity (Wildman–Crippen MR) is 174 cm³/mol. The molecule has 9 rings (SSSR count). The van der Waals surface area contributed by atoms with Crippen molar-refractivity contribution in [2.45, 2.75) is 0 Å². The van der Waals surface area contributed by atoms with Crippen LogP contribution in [-0.2, 0) is 0 Å². The summed E-state index contributed by atoms with van der Waals surface area (Å²) in [4.78, 5) is 9.34. The molecule has 196 valence electrons. The van der Waals surface area contributed by atoms with Crippen LogP contribution in [0.3, 0.4) is 0 Å². The summed E-state index contributed by atoms with van der Waals surface area (Å²) in [5.74, 6) is 0. The summed E-state index contributed by atoms with van der Waals surface area (Å²) >= 11 is 0. The van der Waals surface area contributed by atoms with E-state index in [1.165, 1.54) is 38.1 Å². The van der Waals surface area contributed by atoms with Gasteiger partial charge in [0.1, 0.15) is 0 Å². The van der Waals surface area contributed by atoms with E-state index in [2.05, 4.69) is 148 Å². The summed E-state index contributed by atoms with van der Waals surface area (Å²) in [7, 11) is 0. The predicted octanol–water partition coefficient (Wildman–Crippen LogP) is 9.49. The largest absolute Gasteiger partial charge is 0.309 e. The van der Waals surface area contributed by atoms with Crippen molar-refractivity contribution in [1.29, 1.82) is 0 Å². The van der Waals surface area contributed by atoms with E-state index in [4.69, 9.17) is 4.98 Å². The molecule has 3 aromatic heterocycles. The molecule has 0 aliphatic rings. The molecule has 0 saturated heterocycles. The van der Waals surface area contributed by atoms with Gasteiger partial charge in [0.2, 0.25) is 0 Å². The van der Waals surface area contributed by atoms with Crippen LogP contribution in [0.15, 0.2) is 146 Å².